The predicted molar refractivity (Wildman–Crippen MR) is 80.3 cm³/mol. The second-order valence-corrected chi connectivity index (χ2v) is 5.18. The van der Waals surface area contributed by atoms with Gasteiger partial charge in [0.1, 0.15) is 11.8 Å². The van der Waals surface area contributed by atoms with Crippen LogP contribution in [0.3, 0.4) is 0 Å². The largest absolute Gasteiger partial charge is 0.493 e. The minimum Gasteiger partial charge on any atom is -0.493 e. The lowest BCUT2D eigenvalue weighted by atomic mass is 10.2. The number of hydrogen-bond donors (Lipinski definition) is 1. The van der Waals surface area contributed by atoms with Crippen molar-refractivity contribution in [1.29, 1.82) is 0 Å². The normalized spacial score (nSPS) is 11.9. The SMILES string of the molecule is CCOC(=O)C(C)NC(=O)c1cccc(OCC(C)C)c1. The molecular weight excluding hydrogens is 270 g/mol. The van der Waals surface area contributed by atoms with Crippen LogP contribution >= 0.6 is 0 Å². The van der Waals surface area contributed by atoms with Crippen LogP contribution in [0.25, 0.3) is 0 Å². The average Bonchev–Trinajstić information content (AvgIpc) is 2.45. The maximum atomic E-state index is 12.1. The van der Waals surface area contributed by atoms with E-state index in [1.165, 1.54) is 0 Å². The second-order valence-electron chi connectivity index (χ2n) is 5.18. The van der Waals surface area contributed by atoms with Gasteiger partial charge in [0.2, 0.25) is 0 Å². The van der Waals surface area contributed by atoms with Crippen LogP contribution in [0.5, 0.6) is 5.75 Å². The van der Waals surface area contributed by atoms with Crippen LogP contribution in [0.1, 0.15) is 38.1 Å². The van der Waals surface area contributed by atoms with Gasteiger partial charge < -0.3 is 14.8 Å². The van der Waals surface area contributed by atoms with Crippen molar-refractivity contribution in [2.45, 2.75) is 33.7 Å². The highest BCUT2D eigenvalue weighted by atomic mass is 16.5. The number of carbonyl (C=O) groups is 2. The molecule has 0 saturated carbocycles. The molecule has 0 aliphatic heterocycles. The minimum absolute atomic E-state index is 0.289. The van der Waals surface area contributed by atoms with Crippen molar-refractivity contribution in [3.63, 3.8) is 0 Å². The Labute approximate surface area is 125 Å². The highest BCUT2D eigenvalue weighted by Gasteiger charge is 2.17. The van der Waals surface area contributed by atoms with Crippen LogP contribution in [0, 0.1) is 5.92 Å². The summed E-state index contributed by atoms with van der Waals surface area (Å²) in [5.74, 6) is 0.273. The summed E-state index contributed by atoms with van der Waals surface area (Å²) in [5.41, 5.74) is 0.451. The van der Waals surface area contributed by atoms with Crippen molar-refractivity contribution in [1.82, 2.24) is 5.32 Å². The lowest BCUT2D eigenvalue weighted by molar-refractivity contribution is -0.144. The maximum absolute atomic E-state index is 12.1. The van der Waals surface area contributed by atoms with Gasteiger partial charge in [0.15, 0.2) is 0 Å². The van der Waals surface area contributed by atoms with Crippen molar-refractivity contribution in [2.75, 3.05) is 13.2 Å². The van der Waals surface area contributed by atoms with E-state index in [1.807, 2.05) is 0 Å². The topological polar surface area (TPSA) is 64.6 Å². The summed E-state index contributed by atoms with van der Waals surface area (Å²) in [6.07, 6.45) is 0. The summed E-state index contributed by atoms with van der Waals surface area (Å²) >= 11 is 0. The molecule has 1 aromatic carbocycles. The highest BCUT2D eigenvalue weighted by Crippen LogP contribution is 2.14. The molecule has 0 aliphatic rings. The predicted octanol–water partition coefficient (Wildman–Crippen LogP) is 2.40. The van der Waals surface area contributed by atoms with E-state index in [-0.39, 0.29) is 12.5 Å². The van der Waals surface area contributed by atoms with E-state index in [0.717, 1.165) is 0 Å². The number of ether oxygens (including phenoxy) is 2. The molecule has 0 fully saturated rings. The fraction of sp³-hybridized carbons (Fsp3) is 0.500. The Bertz CT molecular complexity index is 485. The molecule has 1 aromatic rings. The van der Waals surface area contributed by atoms with Crippen LogP contribution in [0.15, 0.2) is 24.3 Å². The molecule has 0 aliphatic carbocycles. The quantitative estimate of drug-likeness (QED) is 0.784. The smallest absolute Gasteiger partial charge is 0.328 e. The minimum atomic E-state index is -0.683. The van der Waals surface area contributed by atoms with Crippen LogP contribution in [0.2, 0.25) is 0 Å². The average molecular weight is 293 g/mol. The summed E-state index contributed by atoms with van der Waals surface area (Å²) in [7, 11) is 0. The Kier molecular flexibility index (Phi) is 6.72. The van der Waals surface area contributed by atoms with E-state index >= 15 is 0 Å². The standard InChI is InChI=1S/C16H23NO4/c1-5-20-16(19)12(4)17-15(18)13-7-6-8-14(9-13)21-10-11(2)3/h6-9,11-12H,5,10H2,1-4H3,(H,17,18). The summed E-state index contributed by atoms with van der Waals surface area (Å²) in [6, 6.07) is 6.20. The molecule has 5 nitrogen and oxygen atoms in total. The monoisotopic (exact) mass is 293 g/mol. The van der Waals surface area contributed by atoms with Crippen LogP contribution in [-0.4, -0.2) is 31.1 Å². The van der Waals surface area contributed by atoms with E-state index < -0.39 is 12.0 Å². The summed E-state index contributed by atoms with van der Waals surface area (Å²) < 4.78 is 10.4. The molecule has 0 saturated heterocycles. The van der Waals surface area contributed by atoms with Crippen molar-refractivity contribution >= 4 is 11.9 Å². The van der Waals surface area contributed by atoms with Crippen LogP contribution in [-0.2, 0) is 9.53 Å². The van der Waals surface area contributed by atoms with Gasteiger partial charge in [0, 0.05) is 5.56 Å². The van der Waals surface area contributed by atoms with Crippen molar-refractivity contribution in [3.05, 3.63) is 29.8 Å². The first-order chi connectivity index (χ1) is 9.93. The van der Waals surface area contributed by atoms with E-state index in [9.17, 15) is 9.59 Å². The summed E-state index contributed by atoms with van der Waals surface area (Å²) in [6.45, 7) is 8.30. The molecule has 1 amide bonds. The van der Waals surface area contributed by atoms with Gasteiger partial charge in [0.25, 0.3) is 5.91 Å². The summed E-state index contributed by atoms with van der Waals surface area (Å²) in [4.78, 5) is 23.6. The zero-order valence-electron chi connectivity index (χ0n) is 13.0. The van der Waals surface area contributed by atoms with Gasteiger partial charge in [-0.3, -0.25) is 4.79 Å². The Morgan fingerprint density at radius 1 is 1.24 bits per heavy atom. The third-order valence-corrected chi connectivity index (χ3v) is 2.67. The van der Waals surface area contributed by atoms with Crippen LogP contribution in [0.4, 0.5) is 0 Å². The first-order valence-electron chi connectivity index (χ1n) is 7.14. The number of hydrogen-bond acceptors (Lipinski definition) is 4. The molecule has 1 atom stereocenters. The lowest BCUT2D eigenvalue weighted by Crippen LogP contribution is -2.39. The van der Waals surface area contributed by atoms with E-state index in [0.29, 0.717) is 23.8 Å². The van der Waals surface area contributed by atoms with Crippen molar-refractivity contribution in [2.24, 2.45) is 5.92 Å². The van der Waals surface area contributed by atoms with Gasteiger partial charge in [-0.25, -0.2) is 4.79 Å². The molecule has 1 N–H and O–H groups in total. The van der Waals surface area contributed by atoms with Gasteiger partial charge in [-0.1, -0.05) is 19.9 Å². The van der Waals surface area contributed by atoms with Crippen molar-refractivity contribution < 1.29 is 19.1 Å². The Morgan fingerprint density at radius 3 is 2.57 bits per heavy atom. The van der Waals surface area contributed by atoms with Gasteiger partial charge in [0.05, 0.1) is 13.2 Å². The number of rotatable bonds is 7. The van der Waals surface area contributed by atoms with E-state index in [4.69, 9.17) is 9.47 Å². The maximum Gasteiger partial charge on any atom is 0.328 e. The highest BCUT2D eigenvalue weighted by molar-refractivity contribution is 5.97. The molecule has 0 heterocycles. The number of amides is 1. The number of benzene rings is 1. The Morgan fingerprint density at radius 2 is 1.95 bits per heavy atom. The van der Waals surface area contributed by atoms with Gasteiger partial charge in [-0.05, 0) is 38.0 Å². The third kappa shape index (κ3) is 5.85. The fourth-order valence-corrected chi connectivity index (χ4v) is 1.60. The molecule has 21 heavy (non-hydrogen) atoms. The van der Waals surface area contributed by atoms with Gasteiger partial charge in [-0.15, -0.1) is 0 Å². The van der Waals surface area contributed by atoms with Gasteiger partial charge >= 0.3 is 5.97 Å². The van der Waals surface area contributed by atoms with Crippen molar-refractivity contribution in [3.8, 4) is 5.75 Å². The molecule has 0 bridgehead atoms. The molecule has 0 radical (unpaired) electrons. The Balaban J connectivity index is 2.65. The molecule has 116 valence electrons. The lowest BCUT2D eigenvalue weighted by Gasteiger charge is -2.13. The molecule has 1 unspecified atom stereocenters. The Hall–Kier alpha value is -2.04. The molecule has 0 spiro atoms. The number of esters is 1. The fourth-order valence-electron chi connectivity index (χ4n) is 1.60. The third-order valence-electron chi connectivity index (χ3n) is 2.67. The summed E-state index contributed by atoms with van der Waals surface area (Å²) in [5, 5.41) is 2.60. The second kappa shape index (κ2) is 8.29. The molecular formula is C16H23NO4. The number of carbonyl (C=O) groups excluding carboxylic acids is 2. The molecule has 1 rings (SSSR count). The zero-order chi connectivity index (χ0) is 15.8. The zero-order valence-corrected chi connectivity index (χ0v) is 13.0. The first kappa shape index (κ1) is 17.0. The van der Waals surface area contributed by atoms with Gasteiger partial charge in [-0.2, -0.15) is 0 Å². The molecule has 5 heteroatoms. The molecule has 0 aromatic heterocycles. The first-order valence-corrected chi connectivity index (χ1v) is 7.14. The van der Waals surface area contributed by atoms with E-state index in [2.05, 4.69) is 19.2 Å². The van der Waals surface area contributed by atoms with E-state index in [1.54, 1.807) is 38.1 Å². The number of nitrogens with one attached hydrogen (secondary N) is 1. The van der Waals surface area contributed by atoms with Crippen LogP contribution < -0.4 is 10.1 Å².